The van der Waals surface area contributed by atoms with Gasteiger partial charge < -0.3 is 25.2 Å². The number of hydrogen-bond acceptors (Lipinski definition) is 9. The van der Waals surface area contributed by atoms with Crippen molar-refractivity contribution >= 4 is 27.6 Å². The molecule has 0 radical (unpaired) electrons. The van der Waals surface area contributed by atoms with Crippen molar-refractivity contribution in [2.24, 2.45) is 67.5 Å². The monoisotopic (exact) mass is 815 g/mol. The lowest BCUT2D eigenvalue weighted by atomic mass is 9.28. The minimum atomic E-state index is -2.93. The van der Waals surface area contributed by atoms with Crippen molar-refractivity contribution in [3.63, 3.8) is 0 Å². The van der Waals surface area contributed by atoms with Gasteiger partial charge in [-0.15, -0.1) is 0 Å². The minimum absolute atomic E-state index is 0.000210. The van der Waals surface area contributed by atoms with Crippen LogP contribution >= 0.6 is 0 Å². The van der Waals surface area contributed by atoms with Crippen molar-refractivity contribution in [2.75, 3.05) is 44.2 Å². The van der Waals surface area contributed by atoms with Crippen LogP contribution in [0.4, 0.5) is 0 Å². The second kappa shape index (κ2) is 14.1. The lowest BCUT2D eigenvalue weighted by Gasteiger charge is -2.76. The summed E-state index contributed by atoms with van der Waals surface area (Å²) in [5.41, 5.74) is 0.716. The Bertz CT molecular complexity index is 1790. The predicted octanol–water partition coefficient (Wildman–Crippen LogP) is 6.70. The standard InChI is InChI=1S/C46H74N2O8S/c1-28(2)36-32(49)26-46(34(50)27-47-19-20-48-21-23-57(54,55)24-22-48)18-17-42(7)29(37(36)46)11-15-45(10)43(8)14-13-35(41(5,6)33(43)12-16-44(42,45)9)56-39(53)31-25-30(38(51)52)40(31,3)4/h28-31,33-35,47,50H,11-27H2,1-10H3,(H,51,52)/t29-,30+,31-,33+,34+,35+,42-,43+,44+,45-,46+/m1/s1. The van der Waals surface area contributed by atoms with E-state index in [1.54, 1.807) is 0 Å². The van der Waals surface area contributed by atoms with Crippen LogP contribution in [0.15, 0.2) is 11.1 Å². The summed E-state index contributed by atoms with van der Waals surface area (Å²) in [6.45, 7) is 25.8. The summed E-state index contributed by atoms with van der Waals surface area (Å²) in [7, 11) is -2.93. The maximum atomic E-state index is 14.1. The predicted molar refractivity (Wildman–Crippen MR) is 221 cm³/mol. The number of allylic oxidation sites excluding steroid dienone is 1. The van der Waals surface area contributed by atoms with E-state index in [9.17, 15) is 33.0 Å². The molecule has 0 amide bonds. The van der Waals surface area contributed by atoms with Crippen LogP contribution in [0.5, 0.6) is 0 Å². The number of hydrogen-bond donors (Lipinski definition) is 3. The number of ketones is 1. The molecule has 0 aromatic heterocycles. The Morgan fingerprint density at radius 3 is 2.11 bits per heavy atom. The van der Waals surface area contributed by atoms with Crippen LogP contribution in [-0.4, -0.2) is 97.7 Å². The van der Waals surface area contributed by atoms with E-state index in [0.717, 1.165) is 63.5 Å². The highest BCUT2D eigenvalue weighted by molar-refractivity contribution is 7.91. The molecule has 0 unspecified atom stereocenters. The zero-order valence-electron chi connectivity index (χ0n) is 36.8. The highest BCUT2D eigenvalue weighted by Gasteiger charge is 2.75. The number of carboxylic acids is 1. The molecule has 10 nitrogen and oxygen atoms in total. The number of sulfone groups is 1. The number of nitrogens with zero attached hydrogens (tertiary/aromatic N) is 1. The molecule has 6 fully saturated rings. The third kappa shape index (κ3) is 6.21. The number of aliphatic hydroxyl groups is 1. The summed E-state index contributed by atoms with van der Waals surface area (Å²) in [4.78, 5) is 41.8. The molecule has 0 spiro atoms. The van der Waals surface area contributed by atoms with E-state index in [2.05, 4.69) is 65.6 Å². The van der Waals surface area contributed by atoms with Crippen molar-refractivity contribution in [1.29, 1.82) is 0 Å². The fourth-order valence-corrected chi connectivity index (χ4v) is 16.6. The molecular weight excluding hydrogens is 741 g/mol. The van der Waals surface area contributed by atoms with Crippen LogP contribution in [0.1, 0.15) is 133 Å². The molecule has 1 aliphatic heterocycles. The number of fused-ring (bicyclic) bond motifs is 7. The van der Waals surface area contributed by atoms with Gasteiger partial charge in [0.2, 0.25) is 0 Å². The number of carbonyl (C=O) groups excluding carboxylic acids is 2. The first-order chi connectivity index (χ1) is 26.3. The molecule has 322 valence electrons. The summed E-state index contributed by atoms with van der Waals surface area (Å²) in [5, 5.41) is 25.4. The third-order valence-electron chi connectivity index (χ3n) is 19.5. The van der Waals surface area contributed by atoms with Crippen LogP contribution < -0.4 is 5.32 Å². The van der Waals surface area contributed by atoms with E-state index in [0.29, 0.717) is 44.9 Å². The van der Waals surface area contributed by atoms with Crippen LogP contribution in [0.25, 0.3) is 0 Å². The zero-order chi connectivity index (χ0) is 41.9. The van der Waals surface area contributed by atoms with Gasteiger partial charge in [-0.05, 0) is 108 Å². The number of carboxylic acid groups (broad SMARTS) is 1. The number of aliphatic carboxylic acids is 1. The molecule has 0 aromatic rings. The van der Waals surface area contributed by atoms with E-state index < -0.39 is 44.6 Å². The summed E-state index contributed by atoms with van der Waals surface area (Å²) in [5.74, 6) is -0.726. The number of aliphatic hydroxyl groups excluding tert-OH is 1. The Morgan fingerprint density at radius 1 is 0.860 bits per heavy atom. The largest absolute Gasteiger partial charge is 0.481 e. The van der Waals surface area contributed by atoms with Crippen LogP contribution in [0, 0.1) is 67.5 Å². The van der Waals surface area contributed by atoms with E-state index in [1.165, 1.54) is 5.57 Å². The lowest BCUT2D eigenvalue weighted by Crippen LogP contribution is -2.70. The van der Waals surface area contributed by atoms with Gasteiger partial charge in [0.05, 0.1) is 29.4 Å². The van der Waals surface area contributed by atoms with E-state index in [1.807, 2.05) is 13.8 Å². The SMILES string of the molecule is CC(C)C1=C2[C@H]3CC[C@@]4(C)[C@@](C)(CC[C@H]5C(C)(C)[C@@H](OC(=O)[C@H]6C[C@@H](C(=O)O)C6(C)C)CC[C@@]54C)[C@]3(C)CC[C@@]2([C@@H](O)CNCCN2CCS(=O)(=O)CC2)CC1=O. The summed E-state index contributed by atoms with van der Waals surface area (Å²) < 4.78 is 30.3. The number of esters is 1. The number of Topliss-reactive ketones (excluding diaryl/α,β-unsaturated/α-hetero) is 1. The van der Waals surface area contributed by atoms with Gasteiger partial charge in [0.25, 0.3) is 0 Å². The van der Waals surface area contributed by atoms with E-state index >= 15 is 0 Å². The number of nitrogens with one attached hydrogen (secondary N) is 1. The molecule has 7 rings (SSSR count). The van der Waals surface area contributed by atoms with Crippen molar-refractivity contribution in [2.45, 2.75) is 146 Å². The topological polar surface area (TPSA) is 150 Å². The van der Waals surface area contributed by atoms with Gasteiger partial charge in [0.1, 0.15) is 6.10 Å². The van der Waals surface area contributed by atoms with Crippen molar-refractivity contribution in [3.05, 3.63) is 11.1 Å². The zero-order valence-corrected chi connectivity index (χ0v) is 37.6. The molecule has 11 heteroatoms. The average Bonchev–Trinajstić information content (AvgIpc) is 3.42. The van der Waals surface area contributed by atoms with Gasteiger partial charge in [-0.2, -0.15) is 0 Å². The van der Waals surface area contributed by atoms with Gasteiger partial charge in [-0.3, -0.25) is 14.4 Å². The normalized spacial score (nSPS) is 43.9. The van der Waals surface area contributed by atoms with Crippen molar-refractivity contribution < 1.29 is 37.8 Å². The number of carbonyl (C=O) groups is 3. The van der Waals surface area contributed by atoms with Crippen molar-refractivity contribution in [1.82, 2.24) is 10.2 Å². The molecule has 57 heavy (non-hydrogen) atoms. The lowest BCUT2D eigenvalue weighted by molar-refractivity contribution is -0.280. The third-order valence-corrected chi connectivity index (χ3v) is 21.2. The maximum Gasteiger partial charge on any atom is 0.309 e. The molecule has 7 aliphatic rings. The molecule has 1 heterocycles. The van der Waals surface area contributed by atoms with Gasteiger partial charge in [-0.25, -0.2) is 8.42 Å². The minimum Gasteiger partial charge on any atom is -0.481 e. The highest BCUT2D eigenvalue weighted by Crippen LogP contribution is 2.81. The summed E-state index contributed by atoms with van der Waals surface area (Å²) in [6, 6.07) is 0. The summed E-state index contributed by atoms with van der Waals surface area (Å²) >= 11 is 0. The van der Waals surface area contributed by atoms with Crippen LogP contribution in [0.2, 0.25) is 0 Å². The van der Waals surface area contributed by atoms with Crippen LogP contribution in [0.3, 0.4) is 0 Å². The van der Waals surface area contributed by atoms with Gasteiger partial charge in [0, 0.05) is 50.0 Å². The first kappa shape index (κ1) is 43.3. The molecule has 5 saturated carbocycles. The molecular formula is C46H74N2O8S. The second-order valence-electron chi connectivity index (χ2n) is 22.4. The van der Waals surface area contributed by atoms with E-state index in [-0.39, 0.29) is 68.3 Å². The Balaban J connectivity index is 1.11. The van der Waals surface area contributed by atoms with Gasteiger partial charge in [-0.1, -0.05) is 74.8 Å². The fraction of sp³-hybridized carbons (Fsp3) is 0.891. The molecule has 1 saturated heterocycles. The molecule has 3 N–H and O–H groups in total. The van der Waals surface area contributed by atoms with Gasteiger partial charge in [0.15, 0.2) is 15.6 Å². The smallest absolute Gasteiger partial charge is 0.309 e. The van der Waals surface area contributed by atoms with E-state index in [4.69, 9.17) is 4.74 Å². The maximum absolute atomic E-state index is 14.1. The number of ether oxygens (including phenoxy) is 1. The second-order valence-corrected chi connectivity index (χ2v) is 24.7. The summed E-state index contributed by atoms with van der Waals surface area (Å²) in [6.07, 6.45) is 7.47. The Kier molecular flexibility index (Phi) is 10.7. The first-order valence-corrected chi connectivity index (χ1v) is 24.2. The molecule has 6 aliphatic carbocycles. The first-order valence-electron chi connectivity index (χ1n) is 22.4. The van der Waals surface area contributed by atoms with Gasteiger partial charge >= 0.3 is 11.9 Å². The number of rotatable bonds is 10. The molecule has 11 atom stereocenters. The molecule has 0 aromatic carbocycles. The van der Waals surface area contributed by atoms with Crippen molar-refractivity contribution in [3.8, 4) is 0 Å². The van der Waals surface area contributed by atoms with Crippen LogP contribution in [-0.2, 0) is 29.0 Å². The Morgan fingerprint density at radius 2 is 1.49 bits per heavy atom. The average molecular weight is 815 g/mol. The molecule has 0 bridgehead atoms. The Hall–Kier alpha value is -1.82. The quantitative estimate of drug-likeness (QED) is 0.161. The highest BCUT2D eigenvalue weighted by atomic mass is 32.2. The Labute approximate surface area is 343 Å². The fourth-order valence-electron chi connectivity index (χ4n) is 15.3.